The lowest BCUT2D eigenvalue weighted by Gasteiger charge is -2.05. The van der Waals surface area contributed by atoms with Crippen LogP contribution in [0, 0.1) is 0 Å². The molecule has 1 heterocycles. The molecule has 0 spiro atoms. The second kappa shape index (κ2) is 8.57. The third kappa shape index (κ3) is 5.31. The minimum atomic E-state index is -0.811. The maximum absolute atomic E-state index is 11.7. The summed E-state index contributed by atoms with van der Waals surface area (Å²) in [5.74, 6) is -1.10. The van der Waals surface area contributed by atoms with Crippen molar-refractivity contribution in [2.45, 2.75) is 26.3 Å². The summed E-state index contributed by atoms with van der Waals surface area (Å²) in [5, 5.41) is 6.30. The van der Waals surface area contributed by atoms with Gasteiger partial charge in [0.05, 0.1) is 6.21 Å². The normalized spacial score (nSPS) is 10.8. The van der Waals surface area contributed by atoms with Crippen molar-refractivity contribution in [3.05, 3.63) is 65.5 Å². The first-order chi connectivity index (χ1) is 11.6. The van der Waals surface area contributed by atoms with Gasteiger partial charge in [-0.25, -0.2) is 5.43 Å². The van der Waals surface area contributed by atoms with E-state index in [1.165, 1.54) is 11.8 Å². The van der Waals surface area contributed by atoms with Gasteiger partial charge in [-0.1, -0.05) is 44.2 Å². The molecule has 6 nitrogen and oxygen atoms in total. The Morgan fingerprint density at radius 1 is 1.17 bits per heavy atom. The van der Waals surface area contributed by atoms with Crippen molar-refractivity contribution in [2.75, 3.05) is 0 Å². The minimum Gasteiger partial charge on any atom is -0.344 e. The molecule has 0 aliphatic rings. The third-order valence-corrected chi connectivity index (χ3v) is 3.36. The van der Waals surface area contributed by atoms with Crippen LogP contribution < -0.4 is 10.7 Å². The van der Waals surface area contributed by atoms with Crippen molar-refractivity contribution in [3.8, 4) is 0 Å². The summed E-state index contributed by atoms with van der Waals surface area (Å²) >= 11 is 0. The summed E-state index contributed by atoms with van der Waals surface area (Å²) in [5.41, 5.74) is 5.09. The van der Waals surface area contributed by atoms with E-state index in [0.717, 1.165) is 11.1 Å². The van der Waals surface area contributed by atoms with Gasteiger partial charge >= 0.3 is 11.8 Å². The van der Waals surface area contributed by atoms with Gasteiger partial charge < -0.3 is 5.32 Å². The highest BCUT2D eigenvalue weighted by Gasteiger charge is 2.11. The first-order valence-electron chi connectivity index (χ1n) is 7.66. The quantitative estimate of drug-likeness (QED) is 0.501. The third-order valence-electron chi connectivity index (χ3n) is 3.36. The standard InChI is InChI=1S/C18H20N4O2/c1-13(2)16-7-5-14(6-8-16)12-21-22-18(24)17(23)20-11-15-4-3-9-19-10-15/h3-10,12-13H,11H2,1-2H3,(H,20,23)(H,22,24). The average molecular weight is 324 g/mol. The molecule has 0 saturated heterocycles. The minimum absolute atomic E-state index is 0.237. The highest BCUT2D eigenvalue weighted by Crippen LogP contribution is 2.13. The summed E-state index contributed by atoms with van der Waals surface area (Å²) in [7, 11) is 0. The molecule has 0 atom stereocenters. The molecule has 2 N–H and O–H groups in total. The zero-order chi connectivity index (χ0) is 17.4. The molecule has 2 rings (SSSR count). The van der Waals surface area contributed by atoms with E-state index in [9.17, 15) is 9.59 Å². The topological polar surface area (TPSA) is 83.5 Å². The van der Waals surface area contributed by atoms with Gasteiger partial charge in [0.2, 0.25) is 0 Å². The van der Waals surface area contributed by atoms with E-state index in [-0.39, 0.29) is 6.54 Å². The summed E-state index contributed by atoms with van der Waals surface area (Å²) in [6.07, 6.45) is 4.76. The number of carbonyl (C=O) groups is 2. The Hall–Kier alpha value is -3.02. The van der Waals surface area contributed by atoms with E-state index in [1.807, 2.05) is 30.3 Å². The van der Waals surface area contributed by atoms with Crippen LogP contribution >= 0.6 is 0 Å². The van der Waals surface area contributed by atoms with Gasteiger partial charge in [-0.3, -0.25) is 14.6 Å². The summed E-state index contributed by atoms with van der Waals surface area (Å²) in [4.78, 5) is 27.2. The van der Waals surface area contributed by atoms with E-state index in [4.69, 9.17) is 0 Å². The van der Waals surface area contributed by atoms with Crippen molar-refractivity contribution >= 4 is 18.0 Å². The van der Waals surface area contributed by atoms with E-state index in [0.29, 0.717) is 5.92 Å². The number of carbonyl (C=O) groups excluding carboxylic acids is 2. The fourth-order valence-electron chi connectivity index (χ4n) is 1.95. The monoisotopic (exact) mass is 324 g/mol. The lowest BCUT2D eigenvalue weighted by atomic mass is 10.0. The molecule has 0 aliphatic heterocycles. The molecule has 2 aromatic rings. The van der Waals surface area contributed by atoms with Crippen LogP contribution in [0.5, 0.6) is 0 Å². The number of nitrogens with zero attached hydrogens (tertiary/aromatic N) is 2. The maximum atomic E-state index is 11.7. The largest absolute Gasteiger partial charge is 0.344 e. The summed E-state index contributed by atoms with van der Waals surface area (Å²) in [6.45, 7) is 4.47. The highest BCUT2D eigenvalue weighted by atomic mass is 16.2. The molecule has 0 fully saturated rings. The second-order valence-electron chi connectivity index (χ2n) is 5.56. The number of hydrogen-bond donors (Lipinski definition) is 2. The first kappa shape index (κ1) is 17.3. The molecule has 124 valence electrons. The van der Waals surface area contributed by atoms with Gasteiger partial charge in [-0.15, -0.1) is 0 Å². The first-order valence-corrected chi connectivity index (χ1v) is 7.66. The number of rotatable bonds is 5. The van der Waals surface area contributed by atoms with E-state index >= 15 is 0 Å². The van der Waals surface area contributed by atoms with Crippen LogP contribution in [-0.4, -0.2) is 23.0 Å². The molecule has 0 radical (unpaired) electrons. The molecule has 0 saturated carbocycles. The SMILES string of the molecule is CC(C)c1ccc(C=NNC(=O)C(=O)NCc2cccnc2)cc1. The Morgan fingerprint density at radius 2 is 1.92 bits per heavy atom. The van der Waals surface area contributed by atoms with E-state index in [2.05, 4.69) is 34.7 Å². The predicted molar refractivity (Wildman–Crippen MR) is 92.4 cm³/mol. The Balaban J connectivity index is 1.80. The zero-order valence-corrected chi connectivity index (χ0v) is 13.7. The molecule has 1 aromatic heterocycles. The number of benzene rings is 1. The lowest BCUT2D eigenvalue weighted by Crippen LogP contribution is -2.37. The van der Waals surface area contributed by atoms with Gasteiger partial charge in [0, 0.05) is 18.9 Å². The lowest BCUT2D eigenvalue weighted by molar-refractivity contribution is -0.139. The van der Waals surface area contributed by atoms with Gasteiger partial charge in [0.15, 0.2) is 0 Å². The number of hydrogen-bond acceptors (Lipinski definition) is 4. The summed E-state index contributed by atoms with van der Waals surface area (Å²) < 4.78 is 0. The van der Waals surface area contributed by atoms with E-state index < -0.39 is 11.8 Å². The zero-order valence-electron chi connectivity index (χ0n) is 13.7. The van der Waals surface area contributed by atoms with Crippen LogP contribution in [0.2, 0.25) is 0 Å². The van der Waals surface area contributed by atoms with Crippen molar-refractivity contribution < 1.29 is 9.59 Å². The van der Waals surface area contributed by atoms with Crippen LogP contribution in [0.25, 0.3) is 0 Å². The number of pyridine rings is 1. The highest BCUT2D eigenvalue weighted by molar-refractivity contribution is 6.35. The van der Waals surface area contributed by atoms with Gasteiger partial charge in [-0.05, 0) is 28.7 Å². The van der Waals surface area contributed by atoms with Crippen molar-refractivity contribution in [2.24, 2.45) is 5.10 Å². The van der Waals surface area contributed by atoms with Crippen LogP contribution in [0.3, 0.4) is 0 Å². The average Bonchev–Trinajstić information content (AvgIpc) is 2.61. The molecule has 2 amide bonds. The molecule has 1 aromatic carbocycles. The van der Waals surface area contributed by atoms with Crippen LogP contribution in [0.1, 0.15) is 36.5 Å². The summed E-state index contributed by atoms with van der Waals surface area (Å²) in [6, 6.07) is 11.4. The van der Waals surface area contributed by atoms with Gasteiger partial charge in [0.1, 0.15) is 0 Å². The molecule has 0 aliphatic carbocycles. The Labute approximate surface area is 141 Å². The smallest absolute Gasteiger partial charge is 0.329 e. The van der Waals surface area contributed by atoms with Crippen molar-refractivity contribution in [3.63, 3.8) is 0 Å². The molecule has 6 heteroatoms. The number of aromatic nitrogens is 1. The Morgan fingerprint density at radius 3 is 2.54 bits per heavy atom. The van der Waals surface area contributed by atoms with Crippen LogP contribution in [0.15, 0.2) is 53.9 Å². The fourth-order valence-corrected chi connectivity index (χ4v) is 1.95. The van der Waals surface area contributed by atoms with Crippen LogP contribution in [-0.2, 0) is 16.1 Å². The molecular weight excluding hydrogens is 304 g/mol. The van der Waals surface area contributed by atoms with Crippen molar-refractivity contribution in [1.82, 2.24) is 15.7 Å². The molecule has 0 unspecified atom stereocenters. The molecule has 24 heavy (non-hydrogen) atoms. The fraction of sp³-hybridized carbons (Fsp3) is 0.222. The maximum Gasteiger partial charge on any atom is 0.329 e. The van der Waals surface area contributed by atoms with E-state index in [1.54, 1.807) is 18.5 Å². The van der Waals surface area contributed by atoms with Crippen LogP contribution in [0.4, 0.5) is 0 Å². The molecule has 0 bridgehead atoms. The molecular formula is C18H20N4O2. The van der Waals surface area contributed by atoms with Crippen molar-refractivity contribution in [1.29, 1.82) is 0 Å². The number of amides is 2. The Bertz CT molecular complexity index is 710. The Kier molecular flexibility index (Phi) is 6.19. The predicted octanol–water partition coefficient (Wildman–Crippen LogP) is 1.97. The number of nitrogens with one attached hydrogen (secondary N) is 2. The second-order valence-corrected chi connectivity index (χ2v) is 5.56. The number of hydrazone groups is 1. The van der Waals surface area contributed by atoms with Gasteiger partial charge in [-0.2, -0.15) is 5.10 Å². The van der Waals surface area contributed by atoms with Gasteiger partial charge in [0.25, 0.3) is 0 Å².